The quantitative estimate of drug-likeness (QED) is 0.860. The lowest BCUT2D eigenvalue weighted by Gasteiger charge is -2.32. The van der Waals surface area contributed by atoms with Gasteiger partial charge in [0.05, 0.1) is 6.10 Å². The first-order valence-corrected chi connectivity index (χ1v) is 6.35. The Morgan fingerprint density at radius 3 is 2.88 bits per heavy atom. The molecule has 2 rings (SSSR count). The van der Waals surface area contributed by atoms with Crippen molar-refractivity contribution in [1.29, 1.82) is 0 Å². The highest BCUT2D eigenvalue weighted by Crippen LogP contribution is 2.20. The zero-order valence-electron chi connectivity index (χ0n) is 10.4. The second-order valence-corrected chi connectivity index (χ2v) is 4.37. The fourth-order valence-corrected chi connectivity index (χ4v) is 2.25. The van der Waals surface area contributed by atoms with Gasteiger partial charge in [0.1, 0.15) is 5.82 Å². The number of anilines is 1. The maximum Gasteiger partial charge on any atom is 0.128 e. The summed E-state index contributed by atoms with van der Waals surface area (Å²) in [5, 5.41) is 0. The van der Waals surface area contributed by atoms with Crippen LogP contribution in [0.2, 0.25) is 0 Å². The monoisotopic (exact) mass is 235 g/mol. The molecule has 0 radical (unpaired) electrons. The Morgan fingerprint density at radius 2 is 2.24 bits per heavy atom. The molecule has 4 heteroatoms. The number of rotatable bonds is 4. The van der Waals surface area contributed by atoms with E-state index in [0.29, 0.717) is 12.6 Å². The van der Waals surface area contributed by atoms with Crippen LogP contribution in [-0.2, 0) is 11.3 Å². The maximum absolute atomic E-state index is 5.64. The van der Waals surface area contributed by atoms with E-state index in [2.05, 4.69) is 22.9 Å². The lowest BCUT2D eigenvalue weighted by atomic mass is 10.1. The van der Waals surface area contributed by atoms with Crippen LogP contribution in [0.1, 0.15) is 25.3 Å². The third-order valence-corrected chi connectivity index (χ3v) is 3.21. The van der Waals surface area contributed by atoms with Gasteiger partial charge in [-0.25, -0.2) is 4.98 Å². The van der Waals surface area contributed by atoms with Gasteiger partial charge in [-0.2, -0.15) is 0 Å². The van der Waals surface area contributed by atoms with Gasteiger partial charge in [-0.1, -0.05) is 0 Å². The summed E-state index contributed by atoms with van der Waals surface area (Å²) >= 11 is 0. The molecular formula is C13H21N3O. The molecule has 0 saturated carbocycles. The fourth-order valence-electron chi connectivity index (χ4n) is 2.25. The number of nitrogens with two attached hydrogens (primary N) is 1. The van der Waals surface area contributed by atoms with Crippen molar-refractivity contribution in [2.24, 2.45) is 5.73 Å². The lowest BCUT2D eigenvalue weighted by Crippen LogP contribution is -2.37. The van der Waals surface area contributed by atoms with Gasteiger partial charge in [-0.15, -0.1) is 0 Å². The average molecular weight is 235 g/mol. The Bertz CT molecular complexity index is 348. The predicted octanol–water partition coefficient (Wildman–Crippen LogP) is 1.55. The van der Waals surface area contributed by atoms with Crippen molar-refractivity contribution >= 4 is 5.82 Å². The molecule has 0 atom stereocenters. The number of pyridine rings is 1. The highest BCUT2D eigenvalue weighted by molar-refractivity contribution is 5.41. The molecule has 0 bridgehead atoms. The third kappa shape index (κ3) is 3.17. The van der Waals surface area contributed by atoms with E-state index in [1.165, 1.54) is 0 Å². The summed E-state index contributed by atoms with van der Waals surface area (Å²) in [5.41, 5.74) is 6.78. The standard InChI is InChI=1S/C13H21N3O/c1-2-17-12-4-7-16(8-5-12)13-9-11(10-14)3-6-15-13/h3,6,9,12H,2,4-5,7-8,10,14H2,1H3. The Balaban J connectivity index is 1.95. The van der Waals surface area contributed by atoms with E-state index < -0.39 is 0 Å². The number of ether oxygens (including phenoxy) is 1. The molecule has 94 valence electrons. The van der Waals surface area contributed by atoms with E-state index >= 15 is 0 Å². The Morgan fingerprint density at radius 1 is 1.47 bits per heavy atom. The molecule has 2 heterocycles. The van der Waals surface area contributed by atoms with E-state index in [1.807, 2.05) is 12.3 Å². The highest BCUT2D eigenvalue weighted by Gasteiger charge is 2.20. The smallest absolute Gasteiger partial charge is 0.128 e. The van der Waals surface area contributed by atoms with Gasteiger partial charge >= 0.3 is 0 Å². The van der Waals surface area contributed by atoms with Crippen molar-refractivity contribution < 1.29 is 4.74 Å². The molecule has 1 aromatic rings. The molecule has 1 fully saturated rings. The van der Waals surface area contributed by atoms with Gasteiger partial charge in [-0.05, 0) is 37.5 Å². The van der Waals surface area contributed by atoms with Gasteiger partial charge in [0, 0.05) is 32.4 Å². The molecule has 1 saturated heterocycles. The molecule has 0 aromatic carbocycles. The molecule has 1 aromatic heterocycles. The number of piperidine rings is 1. The number of nitrogens with zero attached hydrogens (tertiary/aromatic N) is 2. The van der Waals surface area contributed by atoms with Crippen molar-refractivity contribution in [2.45, 2.75) is 32.4 Å². The fraction of sp³-hybridized carbons (Fsp3) is 0.615. The first kappa shape index (κ1) is 12.3. The van der Waals surface area contributed by atoms with Crippen molar-refractivity contribution in [3.8, 4) is 0 Å². The molecule has 0 amide bonds. The Hall–Kier alpha value is -1.13. The second kappa shape index (κ2) is 5.98. The number of aromatic nitrogens is 1. The van der Waals surface area contributed by atoms with Crippen LogP contribution < -0.4 is 10.6 Å². The van der Waals surface area contributed by atoms with Gasteiger partial charge in [0.25, 0.3) is 0 Å². The normalized spacial score (nSPS) is 17.4. The van der Waals surface area contributed by atoms with Crippen LogP contribution in [0.3, 0.4) is 0 Å². The van der Waals surface area contributed by atoms with Gasteiger partial charge in [-0.3, -0.25) is 0 Å². The SMILES string of the molecule is CCOC1CCN(c2cc(CN)ccn2)CC1. The van der Waals surface area contributed by atoms with Crippen molar-refractivity contribution in [1.82, 2.24) is 4.98 Å². The van der Waals surface area contributed by atoms with Crippen molar-refractivity contribution in [3.05, 3.63) is 23.9 Å². The van der Waals surface area contributed by atoms with Crippen LogP contribution in [0.5, 0.6) is 0 Å². The lowest BCUT2D eigenvalue weighted by molar-refractivity contribution is 0.0458. The van der Waals surface area contributed by atoms with Crippen LogP contribution in [-0.4, -0.2) is 30.8 Å². The van der Waals surface area contributed by atoms with Crippen LogP contribution >= 0.6 is 0 Å². The van der Waals surface area contributed by atoms with Crippen molar-refractivity contribution in [2.75, 3.05) is 24.6 Å². The molecule has 0 unspecified atom stereocenters. The number of hydrogen-bond acceptors (Lipinski definition) is 4. The molecule has 0 aliphatic carbocycles. The largest absolute Gasteiger partial charge is 0.378 e. The van der Waals surface area contributed by atoms with Gasteiger partial charge in [0.15, 0.2) is 0 Å². The third-order valence-electron chi connectivity index (χ3n) is 3.21. The number of hydrogen-bond donors (Lipinski definition) is 1. The van der Waals surface area contributed by atoms with Crippen LogP contribution in [0.25, 0.3) is 0 Å². The summed E-state index contributed by atoms with van der Waals surface area (Å²) < 4.78 is 5.64. The van der Waals surface area contributed by atoms with Gasteiger partial charge in [0.2, 0.25) is 0 Å². The summed E-state index contributed by atoms with van der Waals surface area (Å²) in [6, 6.07) is 4.05. The summed E-state index contributed by atoms with van der Waals surface area (Å²) in [7, 11) is 0. The Labute approximate surface area is 103 Å². The van der Waals surface area contributed by atoms with E-state index in [-0.39, 0.29) is 0 Å². The van der Waals surface area contributed by atoms with Crippen LogP contribution in [0.4, 0.5) is 5.82 Å². The zero-order valence-corrected chi connectivity index (χ0v) is 10.4. The van der Waals surface area contributed by atoms with E-state index in [4.69, 9.17) is 10.5 Å². The minimum Gasteiger partial charge on any atom is -0.378 e. The van der Waals surface area contributed by atoms with E-state index in [1.54, 1.807) is 0 Å². The average Bonchev–Trinajstić information content (AvgIpc) is 2.40. The highest BCUT2D eigenvalue weighted by atomic mass is 16.5. The van der Waals surface area contributed by atoms with E-state index in [0.717, 1.165) is 43.9 Å². The summed E-state index contributed by atoms with van der Waals surface area (Å²) in [4.78, 5) is 6.73. The minimum absolute atomic E-state index is 0.425. The van der Waals surface area contributed by atoms with Crippen LogP contribution in [0, 0.1) is 0 Å². The van der Waals surface area contributed by atoms with Crippen molar-refractivity contribution in [3.63, 3.8) is 0 Å². The topological polar surface area (TPSA) is 51.4 Å². The second-order valence-electron chi connectivity index (χ2n) is 4.37. The van der Waals surface area contributed by atoms with Crippen LogP contribution in [0.15, 0.2) is 18.3 Å². The molecule has 1 aliphatic heterocycles. The molecule has 0 spiro atoms. The van der Waals surface area contributed by atoms with Gasteiger partial charge < -0.3 is 15.4 Å². The molecule has 4 nitrogen and oxygen atoms in total. The summed E-state index contributed by atoms with van der Waals surface area (Å²) in [6.07, 6.45) is 4.44. The summed E-state index contributed by atoms with van der Waals surface area (Å²) in [6.45, 7) is 5.48. The molecule has 2 N–H and O–H groups in total. The first-order valence-electron chi connectivity index (χ1n) is 6.35. The predicted molar refractivity (Wildman–Crippen MR) is 69.0 cm³/mol. The molecule has 1 aliphatic rings. The Kier molecular flexibility index (Phi) is 4.34. The zero-order chi connectivity index (χ0) is 12.1. The van der Waals surface area contributed by atoms with E-state index in [9.17, 15) is 0 Å². The first-order chi connectivity index (χ1) is 8.33. The molecular weight excluding hydrogens is 214 g/mol. The minimum atomic E-state index is 0.425. The molecule has 17 heavy (non-hydrogen) atoms. The summed E-state index contributed by atoms with van der Waals surface area (Å²) in [5.74, 6) is 1.04. The maximum atomic E-state index is 5.64.